The van der Waals surface area contributed by atoms with E-state index in [-0.39, 0.29) is 0 Å². The molecule has 0 spiro atoms. The van der Waals surface area contributed by atoms with Crippen LogP contribution in [0.5, 0.6) is 0 Å². The smallest absolute Gasteiger partial charge is 0.0233 e. The second-order valence-corrected chi connectivity index (χ2v) is 10.5. The molecule has 3 aromatic rings. The normalized spacial score (nSPS) is 17.9. The number of benzene rings is 3. The van der Waals surface area contributed by atoms with E-state index in [9.17, 15) is 0 Å². The van der Waals surface area contributed by atoms with Crippen molar-refractivity contribution < 1.29 is 0 Å². The molecule has 2 aliphatic rings. The highest BCUT2D eigenvalue weighted by molar-refractivity contribution is 5.33. The van der Waals surface area contributed by atoms with Crippen LogP contribution in [0.1, 0.15) is 53.5 Å². The molecule has 0 N–H and O–H groups in total. The molecule has 0 saturated carbocycles. The van der Waals surface area contributed by atoms with Crippen LogP contribution in [-0.4, -0.2) is 36.0 Å². The molecular formula is C32H40N2. The van der Waals surface area contributed by atoms with Gasteiger partial charge in [0.1, 0.15) is 0 Å². The Morgan fingerprint density at radius 2 is 1.18 bits per heavy atom. The first kappa shape index (κ1) is 23.3. The summed E-state index contributed by atoms with van der Waals surface area (Å²) in [6.07, 6.45) is 9.08. The van der Waals surface area contributed by atoms with Crippen molar-refractivity contribution in [2.45, 2.75) is 58.0 Å². The largest absolute Gasteiger partial charge is 0.299 e. The highest BCUT2D eigenvalue weighted by atomic mass is 15.1. The van der Waals surface area contributed by atoms with Crippen LogP contribution < -0.4 is 0 Å². The maximum atomic E-state index is 2.64. The van der Waals surface area contributed by atoms with Crippen molar-refractivity contribution in [3.05, 3.63) is 107 Å². The monoisotopic (exact) mass is 452 g/mol. The summed E-state index contributed by atoms with van der Waals surface area (Å²) in [6.45, 7) is 7.06. The summed E-state index contributed by atoms with van der Waals surface area (Å²) in [5.41, 5.74) is 7.61. The Balaban J connectivity index is 1.05. The van der Waals surface area contributed by atoms with E-state index in [4.69, 9.17) is 0 Å². The third-order valence-corrected chi connectivity index (χ3v) is 7.95. The number of aryl methyl sites for hydroxylation is 1. The van der Waals surface area contributed by atoms with Crippen LogP contribution in [0.4, 0.5) is 0 Å². The molecule has 0 aromatic heterocycles. The van der Waals surface area contributed by atoms with Gasteiger partial charge in [0, 0.05) is 26.2 Å². The van der Waals surface area contributed by atoms with Gasteiger partial charge in [-0.05, 0) is 85.3 Å². The van der Waals surface area contributed by atoms with Gasteiger partial charge in [-0.25, -0.2) is 0 Å². The van der Waals surface area contributed by atoms with Crippen molar-refractivity contribution in [2.75, 3.05) is 26.2 Å². The number of nitrogens with zero attached hydrogens (tertiary/aromatic N) is 2. The lowest BCUT2D eigenvalue weighted by Gasteiger charge is -2.32. The Hall–Kier alpha value is -2.42. The molecule has 2 heterocycles. The summed E-state index contributed by atoms with van der Waals surface area (Å²) in [5.74, 6) is 0.916. The lowest BCUT2D eigenvalue weighted by atomic mass is 9.90. The summed E-state index contributed by atoms with van der Waals surface area (Å²) in [4.78, 5) is 5.26. The second kappa shape index (κ2) is 11.8. The van der Waals surface area contributed by atoms with Gasteiger partial charge in [0.15, 0.2) is 0 Å². The van der Waals surface area contributed by atoms with E-state index in [1.54, 1.807) is 16.7 Å². The third-order valence-electron chi connectivity index (χ3n) is 7.95. The van der Waals surface area contributed by atoms with Crippen LogP contribution in [-0.2, 0) is 32.4 Å². The Bertz CT molecular complexity index is 1010. The molecule has 0 radical (unpaired) electrons. The summed E-state index contributed by atoms with van der Waals surface area (Å²) in [5, 5.41) is 0. The Morgan fingerprint density at radius 1 is 0.588 bits per heavy atom. The molecule has 34 heavy (non-hydrogen) atoms. The van der Waals surface area contributed by atoms with Crippen molar-refractivity contribution in [2.24, 2.45) is 5.92 Å². The minimum atomic E-state index is 0.916. The maximum Gasteiger partial charge on any atom is 0.0233 e. The molecule has 3 aromatic carbocycles. The quantitative estimate of drug-likeness (QED) is 0.384. The van der Waals surface area contributed by atoms with E-state index in [0.29, 0.717) is 0 Å². The zero-order valence-electron chi connectivity index (χ0n) is 20.7. The first-order valence-corrected chi connectivity index (χ1v) is 13.4. The highest BCUT2D eigenvalue weighted by Crippen LogP contribution is 2.25. The average Bonchev–Trinajstić information content (AvgIpc) is 3.08. The molecule has 0 aliphatic carbocycles. The van der Waals surface area contributed by atoms with Crippen molar-refractivity contribution in [3.8, 4) is 0 Å². The number of hydrogen-bond acceptors (Lipinski definition) is 2. The highest BCUT2D eigenvalue weighted by Gasteiger charge is 2.19. The molecule has 0 bridgehead atoms. The molecule has 5 rings (SSSR count). The van der Waals surface area contributed by atoms with Crippen molar-refractivity contribution in [1.29, 1.82) is 0 Å². The summed E-state index contributed by atoms with van der Waals surface area (Å²) >= 11 is 0. The standard InChI is InChI=1S/C32H40N2/c1-3-8-29(9-4-1)25-33-20-16-27(17-21-33)12-7-13-28-14-15-31-18-22-34(23-19-32(31)24-28)26-30-10-5-2-6-11-30/h1-6,8-11,14-15,24,27H,7,12-13,16-23,25-26H2. The van der Waals surface area contributed by atoms with Gasteiger partial charge in [-0.1, -0.05) is 85.3 Å². The maximum absolute atomic E-state index is 2.64. The summed E-state index contributed by atoms with van der Waals surface area (Å²) in [7, 11) is 0. The van der Waals surface area contributed by atoms with Crippen molar-refractivity contribution >= 4 is 0 Å². The molecule has 0 unspecified atom stereocenters. The molecule has 0 atom stereocenters. The predicted octanol–water partition coefficient (Wildman–Crippen LogP) is 6.52. The van der Waals surface area contributed by atoms with E-state index in [1.165, 1.54) is 82.3 Å². The number of hydrogen-bond donors (Lipinski definition) is 0. The van der Waals surface area contributed by atoms with E-state index in [0.717, 1.165) is 19.0 Å². The van der Waals surface area contributed by atoms with Crippen LogP contribution in [0.2, 0.25) is 0 Å². The van der Waals surface area contributed by atoms with Gasteiger partial charge < -0.3 is 0 Å². The molecule has 178 valence electrons. The summed E-state index contributed by atoms with van der Waals surface area (Å²) < 4.78 is 0. The second-order valence-electron chi connectivity index (χ2n) is 10.5. The van der Waals surface area contributed by atoms with E-state index >= 15 is 0 Å². The van der Waals surface area contributed by atoms with Crippen molar-refractivity contribution in [3.63, 3.8) is 0 Å². The molecule has 2 nitrogen and oxygen atoms in total. The Morgan fingerprint density at radius 3 is 1.82 bits per heavy atom. The minimum Gasteiger partial charge on any atom is -0.299 e. The molecular weight excluding hydrogens is 412 g/mol. The van der Waals surface area contributed by atoms with Crippen molar-refractivity contribution in [1.82, 2.24) is 9.80 Å². The van der Waals surface area contributed by atoms with Gasteiger partial charge in [0.05, 0.1) is 0 Å². The molecule has 2 heteroatoms. The van der Waals surface area contributed by atoms with E-state index < -0.39 is 0 Å². The molecule has 1 saturated heterocycles. The topological polar surface area (TPSA) is 6.48 Å². The zero-order chi connectivity index (χ0) is 23.0. The van der Waals surface area contributed by atoms with Crippen LogP contribution in [0.25, 0.3) is 0 Å². The first-order chi connectivity index (χ1) is 16.8. The predicted molar refractivity (Wildman–Crippen MR) is 143 cm³/mol. The SMILES string of the molecule is c1ccc(CN2CCc3ccc(CCCC4CCN(Cc5ccccc5)CC4)cc3CC2)cc1. The van der Waals surface area contributed by atoms with Gasteiger partial charge in [-0.2, -0.15) is 0 Å². The third kappa shape index (κ3) is 6.58. The van der Waals surface area contributed by atoms with Gasteiger partial charge in [-0.15, -0.1) is 0 Å². The fourth-order valence-electron chi connectivity index (χ4n) is 5.85. The number of piperidine rings is 1. The minimum absolute atomic E-state index is 0.916. The zero-order valence-corrected chi connectivity index (χ0v) is 20.7. The van der Waals surface area contributed by atoms with Crippen LogP contribution in [0.15, 0.2) is 78.9 Å². The van der Waals surface area contributed by atoms with Crippen LogP contribution in [0.3, 0.4) is 0 Å². The molecule has 1 fully saturated rings. The first-order valence-electron chi connectivity index (χ1n) is 13.4. The lowest BCUT2D eigenvalue weighted by Crippen LogP contribution is -2.33. The van der Waals surface area contributed by atoms with Gasteiger partial charge in [0.2, 0.25) is 0 Å². The molecule has 2 aliphatic heterocycles. The van der Waals surface area contributed by atoms with E-state index in [1.807, 2.05) is 0 Å². The number of fused-ring (bicyclic) bond motifs is 1. The fraction of sp³-hybridized carbons (Fsp3) is 0.438. The average molecular weight is 453 g/mol. The Kier molecular flexibility index (Phi) is 8.11. The lowest BCUT2D eigenvalue weighted by molar-refractivity contribution is 0.171. The van der Waals surface area contributed by atoms with Crippen LogP contribution >= 0.6 is 0 Å². The molecule has 0 amide bonds. The van der Waals surface area contributed by atoms with Gasteiger partial charge in [-0.3, -0.25) is 9.80 Å². The van der Waals surface area contributed by atoms with Crippen LogP contribution in [0, 0.1) is 5.92 Å². The Labute approximate surface area is 206 Å². The summed E-state index contributed by atoms with van der Waals surface area (Å²) in [6, 6.07) is 29.2. The fourth-order valence-corrected chi connectivity index (χ4v) is 5.85. The number of rotatable bonds is 8. The van der Waals surface area contributed by atoms with Gasteiger partial charge in [0.25, 0.3) is 0 Å². The van der Waals surface area contributed by atoms with E-state index in [2.05, 4.69) is 88.7 Å². The number of likely N-dealkylation sites (tertiary alicyclic amines) is 1. The van der Waals surface area contributed by atoms with Gasteiger partial charge >= 0.3 is 0 Å².